The summed E-state index contributed by atoms with van der Waals surface area (Å²) in [5.41, 5.74) is 1.97. The van der Waals surface area contributed by atoms with Gasteiger partial charge in [0.25, 0.3) is 0 Å². The van der Waals surface area contributed by atoms with Crippen molar-refractivity contribution in [2.75, 3.05) is 26.4 Å². The molecule has 0 unspecified atom stereocenters. The fraction of sp³-hybridized carbons (Fsp3) is 0.882. The number of hydrogen-bond acceptors (Lipinski definition) is 8. The molecule has 110 heavy (non-hydrogen) atoms. The van der Waals surface area contributed by atoms with Crippen molar-refractivity contribution in [3.8, 4) is 0 Å². The zero-order chi connectivity index (χ0) is 81.4. The lowest BCUT2D eigenvalue weighted by molar-refractivity contribution is -0.139. The Labute approximate surface area is 689 Å². The summed E-state index contributed by atoms with van der Waals surface area (Å²) in [6, 6.07) is 0. The van der Waals surface area contributed by atoms with Crippen molar-refractivity contribution < 1.29 is 38.1 Å². The molecule has 8 heteroatoms. The van der Waals surface area contributed by atoms with Crippen molar-refractivity contribution in [1.82, 2.24) is 0 Å². The Hall–Kier alpha value is -3.16. The van der Waals surface area contributed by atoms with Crippen LogP contribution in [0.15, 0.2) is 48.6 Å². The summed E-state index contributed by atoms with van der Waals surface area (Å²) in [5.74, 6) is -1.01. The normalized spacial score (nSPS) is 10.9. The van der Waals surface area contributed by atoms with E-state index < -0.39 is 0 Å². The van der Waals surface area contributed by atoms with E-state index in [0.29, 0.717) is 48.7 Å². The summed E-state index contributed by atoms with van der Waals surface area (Å²) in [4.78, 5) is 44.9. The number of ether oxygens (including phenoxy) is 4. The molecule has 0 spiro atoms. The van der Waals surface area contributed by atoms with E-state index in [1.54, 1.807) is 27.7 Å². The van der Waals surface area contributed by atoms with Gasteiger partial charge in [-0.05, 0) is 53.4 Å². The van der Waals surface area contributed by atoms with Crippen LogP contribution in [0.25, 0.3) is 0 Å². The number of carbonyl (C=O) groups excluding carboxylic acids is 4. The molecule has 0 radical (unpaired) electrons. The Kier molecular flexibility index (Phi) is 105. The predicted molar refractivity (Wildman–Crippen MR) is 486 cm³/mol. The molecule has 8 nitrogen and oxygen atoms in total. The maximum Gasteiger partial charge on any atom is 0.333 e. The van der Waals surface area contributed by atoms with Gasteiger partial charge in [-0.2, -0.15) is 0 Å². The van der Waals surface area contributed by atoms with Gasteiger partial charge in [-0.3, -0.25) is 0 Å². The number of esters is 4. The van der Waals surface area contributed by atoms with E-state index in [1.165, 1.54) is 475 Å². The summed E-state index contributed by atoms with van der Waals surface area (Å²) in [5, 5.41) is 0. The molecule has 0 saturated heterocycles. The largest absolute Gasteiger partial charge is 0.462 e. The minimum absolute atomic E-state index is 0.252. The monoisotopic (exact) mass is 1550 g/mol. The van der Waals surface area contributed by atoms with E-state index in [4.69, 9.17) is 18.9 Å². The molecule has 0 N–H and O–H groups in total. The highest BCUT2D eigenvalue weighted by molar-refractivity contribution is 5.88. The van der Waals surface area contributed by atoms with Gasteiger partial charge in [0, 0.05) is 22.3 Å². The highest BCUT2D eigenvalue weighted by atomic mass is 16.5. The molecule has 0 aliphatic heterocycles. The van der Waals surface area contributed by atoms with Crippen LogP contribution in [0.2, 0.25) is 0 Å². The SMILES string of the molecule is C=C(C)C(=O)OCCCCCCCCCCCCCCCCCCCC.C=C(C)C(=O)OCCCCCCCCCCCCCCCCCCCCC.C=C(C)C(=O)OCCCCCCCCCCCCCCCCCCCCCC.C=C(C)C(=O)OCCCCCCCCCCCCCCCCCCCCCCC. The van der Waals surface area contributed by atoms with Gasteiger partial charge in [-0.15, -0.1) is 0 Å². The van der Waals surface area contributed by atoms with Crippen LogP contribution in [0, 0.1) is 0 Å². The molecular formula is C102H196O8. The van der Waals surface area contributed by atoms with E-state index in [-0.39, 0.29) is 23.9 Å². The zero-order valence-electron chi connectivity index (χ0n) is 76.1. The van der Waals surface area contributed by atoms with Crippen LogP contribution >= 0.6 is 0 Å². The second-order valence-electron chi connectivity index (χ2n) is 33.8. The first-order valence-corrected chi connectivity index (χ1v) is 49.0. The average molecular weight is 1550 g/mol. The minimum atomic E-state index is -0.253. The predicted octanol–water partition coefficient (Wildman–Crippen LogP) is 34.9. The molecule has 0 aromatic heterocycles. The lowest BCUT2D eigenvalue weighted by Gasteiger charge is -2.05. The molecule has 652 valence electrons. The fourth-order valence-corrected chi connectivity index (χ4v) is 14.2. The highest BCUT2D eigenvalue weighted by Crippen LogP contribution is 2.21. The van der Waals surface area contributed by atoms with Gasteiger partial charge in [0.2, 0.25) is 0 Å². The molecule has 0 heterocycles. The Bertz CT molecular complexity index is 1900. The van der Waals surface area contributed by atoms with Crippen molar-refractivity contribution in [3.63, 3.8) is 0 Å². The first kappa shape index (κ1) is 113. The van der Waals surface area contributed by atoms with Gasteiger partial charge in [0.1, 0.15) is 0 Å². The standard InChI is InChI=1S/C27H52O2.C26H50O2.C25H48O2.C24H46O2/c1-4-5-6-7-8-9-10-11-12-13-14-15-16-17-18-19-20-21-22-23-24-25-29-27(28)26(2)3;1-4-5-6-7-8-9-10-11-12-13-14-15-16-17-18-19-20-21-22-23-24-28-26(27)25(2)3;1-4-5-6-7-8-9-10-11-12-13-14-15-16-17-18-19-20-21-22-23-27-25(26)24(2)3;1-4-5-6-7-8-9-10-11-12-13-14-15-16-17-18-19-20-21-22-26-24(25)23(2)3/h2,4-25H2,1,3H3;2,4-24H2,1,3H3;2,4-23H2,1,3H3;2,4-22H2,1,3H3. The number of unbranched alkanes of at least 4 members (excludes halogenated alkanes) is 74. The molecule has 0 aromatic carbocycles. The molecule has 0 atom stereocenters. The van der Waals surface area contributed by atoms with E-state index in [1.807, 2.05) is 0 Å². The maximum atomic E-state index is 11.2. The molecule has 0 bridgehead atoms. The number of carbonyl (C=O) groups is 4. The second-order valence-corrected chi connectivity index (χ2v) is 33.8. The van der Waals surface area contributed by atoms with Crippen LogP contribution in [-0.4, -0.2) is 50.3 Å². The van der Waals surface area contributed by atoms with Crippen molar-refractivity contribution in [1.29, 1.82) is 0 Å². The van der Waals surface area contributed by atoms with Gasteiger partial charge >= 0.3 is 23.9 Å². The van der Waals surface area contributed by atoms with E-state index in [0.717, 1.165) is 25.7 Å². The van der Waals surface area contributed by atoms with Crippen molar-refractivity contribution in [3.05, 3.63) is 48.6 Å². The molecule has 0 rings (SSSR count). The second kappa shape index (κ2) is 102. The third-order valence-electron chi connectivity index (χ3n) is 21.8. The Balaban J connectivity index is -0.000000681. The van der Waals surface area contributed by atoms with E-state index in [9.17, 15) is 19.2 Å². The Morgan fingerprint density at radius 3 is 0.291 bits per heavy atom. The Morgan fingerprint density at radius 2 is 0.218 bits per heavy atom. The third-order valence-corrected chi connectivity index (χ3v) is 21.8. The summed E-state index contributed by atoms with van der Waals surface area (Å²) < 4.78 is 20.4. The topological polar surface area (TPSA) is 105 Å². The fourth-order valence-electron chi connectivity index (χ4n) is 14.2. The molecule has 0 fully saturated rings. The number of rotatable bonds is 86. The van der Waals surface area contributed by atoms with Crippen LogP contribution in [0.5, 0.6) is 0 Å². The minimum Gasteiger partial charge on any atom is -0.462 e. The van der Waals surface area contributed by atoms with Crippen LogP contribution in [-0.2, 0) is 38.1 Å². The third kappa shape index (κ3) is 107. The van der Waals surface area contributed by atoms with Gasteiger partial charge in [0.15, 0.2) is 0 Å². The van der Waals surface area contributed by atoms with Crippen molar-refractivity contribution in [2.24, 2.45) is 0 Å². The maximum absolute atomic E-state index is 11.2. The smallest absolute Gasteiger partial charge is 0.333 e. The molecular weight excluding hydrogens is 1350 g/mol. The first-order valence-electron chi connectivity index (χ1n) is 49.0. The van der Waals surface area contributed by atoms with Crippen molar-refractivity contribution in [2.45, 2.75) is 556 Å². The molecule has 0 aliphatic carbocycles. The van der Waals surface area contributed by atoms with Crippen LogP contribution < -0.4 is 0 Å². The summed E-state index contributed by atoms with van der Waals surface area (Å²) in [6.07, 6.45) is 108. The van der Waals surface area contributed by atoms with E-state index in [2.05, 4.69) is 54.0 Å². The van der Waals surface area contributed by atoms with Gasteiger partial charge in [-0.1, -0.05) is 529 Å². The lowest BCUT2D eigenvalue weighted by atomic mass is 10.0. The van der Waals surface area contributed by atoms with E-state index >= 15 is 0 Å². The first-order chi connectivity index (χ1) is 53.7. The van der Waals surface area contributed by atoms with Crippen LogP contribution in [0.1, 0.15) is 556 Å². The summed E-state index contributed by atoms with van der Waals surface area (Å²) in [7, 11) is 0. The van der Waals surface area contributed by atoms with Crippen LogP contribution in [0.3, 0.4) is 0 Å². The molecule has 0 amide bonds. The van der Waals surface area contributed by atoms with Gasteiger partial charge in [-0.25, -0.2) is 19.2 Å². The highest BCUT2D eigenvalue weighted by Gasteiger charge is 2.07. The average Bonchev–Trinajstić information content (AvgIpc) is 1.44. The molecule has 0 aliphatic rings. The summed E-state index contributed by atoms with van der Waals surface area (Å²) in [6.45, 7) is 32.5. The van der Waals surface area contributed by atoms with Crippen molar-refractivity contribution >= 4 is 23.9 Å². The number of hydrogen-bond donors (Lipinski definition) is 0. The lowest BCUT2D eigenvalue weighted by Crippen LogP contribution is -2.05. The molecule has 0 saturated carbocycles. The van der Waals surface area contributed by atoms with Gasteiger partial charge in [0.05, 0.1) is 26.4 Å². The quantitative estimate of drug-likeness (QED) is 0.0257. The Morgan fingerprint density at radius 1 is 0.145 bits per heavy atom. The zero-order valence-corrected chi connectivity index (χ0v) is 76.1. The van der Waals surface area contributed by atoms with Crippen LogP contribution in [0.4, 0.5) is 0 Å². The van der Waals surface area contributed by atoms with Gasteiger partial charge < -0.3 is 18.9 Å². The molecule has 0 aromatic rings. The summed E-state index contributed by atoms with van der Waals surface area (Å²) >= 11 is 0.